The number of aryl methyl sites for hydroxylation is 1. The first-order valence-electron chi connectivity index (χ1n) is 6.82. The number of halogens is 3. The van der Waals surface area contributed by atoms with Crippen molar-refractivity contribution in [2.24, 2.45) is 5.41 Å². The minimum Gasteiger partial charge on any atom is -0.315 e. The van der Waals surface area contributed by atoms with Crippen LogP contribution >= 0.6 is 0 Å². The van der Waals surface area contributed by atoms with Crippen LogP contribution in [0, 0.1) is 5.41 Å². The van der Waals surface area contributed by atoms with E-state index in [1.54, 1.807) is 6.92 Å². The van der Waals surface area contributed by atoms with E-state index in [0.717, 1.165) is 19.3 Å². The van der Waals surface area contributed by atoms with Crippen LogP contribution in [0.3, 0.4) is 0 Å². The van der Waals surface area contributed by atoms with Crippen LogP contribution in [0.4, 0.5) is 13.2 Å². The highest BCUT2D eigenvalue weighted by atomic mass is 32.2. The zero-order valence-corrected chi connectivity index (χ0v) is 12.6. The summed E-state index contributed by atoms with van der Waals surface area (Å²) in [4.78, 5) is 6.34. The maximum absolute atomic E-state index is 12.6. The van der Waals surface area contributed by atoms with Crippen LogP contribution in [0.2, 0.25) is 0 Å². The fourth-order valence-electron chi connectivity index (χ4n) is 2.72. The molecule has 0 amide bonds. The second-order valence-corrected chi connectivity index (χ2v) is 7.64. The molecular formula is C12H15F3N4O2S. The first-order chi connectivity index (χ1) is 10.2. The van der Waals surface area contributed by atoms with Crippen LogP contribution in [0.1, 0.15) is 18.4 Å². The van der Waals surface area contributed by atoms with E-state index in [9.17, 15) is 21.6 Å². The summed E-state index contributed by atoms with van der Waals surface area (Å²) in [6.07, 6.45) is -3.83. The summed E-state index contributed by atoms with van der Waals surface area (Å²) in [5.41, 5.74) is -0.110. The molecule has 2 aliphatic rings. The van der Waals surface area contributed by atoms with Gasteiger partial charge in [0.15, 0.2) is 0 Å². The van der Waals surface area contributed by atoms with Gasteiger partial charge in [-0.05, 0) is 6.42 Å². The predicted molar refractivity (Wildman–Crippen MR) is 70.5 cm³/mol. The van der Waals surface area contributed by atoms with Crippen molar-refractivity contribution in [1.29, 1.82) is 0 Å². The quantitative estimate of drug-likeness (QED) is 0.877. The molecule has 1 aromatic rings. The van der Waals surface area contributed by atoms with Crippen LogP contribution < -0.4 is 5.32 Å². The molecule has 0 radical (unpaired) electrons. The molecule has 0 saturated carbocycles. The summed E-state index contributed by atoms with van der Waals surface area (Å²) < 4.78 is 64.2. The van der Waals surface area contributed by atoms with Gasteiger partial charge in [0, 0.05) is 31.6 Å². The highest BCUT2D eigenvalue weighted by Gasteiger charge is 2.52. The van der Waals surface area contributed by atoms with Crippen LogP contribution in [0.25, 0.3) is 0 Å². The van der Waals surface area contributed by atoms with E-state index in [-0.39, 0.29) is 22.4 Å². The van der Waals surface area contributed by atoms with E-state index < -0.39 is 22.0 Å². The van der Waals surface area contributed by atoms with Crippen LogP contribution in [-0.2, 0) is 22.6 Å². The third kappa shape index (κ3) is 2.38. The first kappa shape index (κ1) is 15.6. The number of hydrogen-bond donors (Lipinski definition) is 1. The fourth-order valence-corrected chi connectivity index (χ4v) is 4.56. The Labute approximate surface area is 125 Å². The maximum Gasteiger partial charge on any atom is 0.451 e. The standard InChI is InChI=1S/C12H15F3N4O2S/c1-2-8-9(3-17-10(18-8)12(13,14)15)22(20,21)19-6-11(7-19)4-16-5-11/h3,16H,2,4-7H2,1H3. The molecule has 22 heavy (non-hydrogen) atoms. The number of sulfonamides is 1. The second kappa shape index (κ2) is 4.87. The second-order valence-electron chi connectivity index (χ2n) is 5.73. The SMILES string of the molecule is CCc1nc(C(F)(F)F)ncc1S(=O)(=O)N1CC2(CNC2)C1. The maximum atomic E-state index is 12.6. The highest BCUT2D eigenvalue weighted by Crippen LogP contribution is 2.38. The number of aromatic nitrogens is 2. The molecule has 0 aromatic carbocycles. The molecule has 1 aromatic heterocycles. The van der Waals surface area contributed by atoms with E-state index in [1.807, 2.05) is 0 Å². The van der Waals surface area contributed by atoms with Crippen molar-refractivity contribution in [1.82, 2.24) is 19.6 Å². The predicted octanol–water partition coefficient (Wildman–Crippen LogP) is 0.652. The summed E-state index contributed by atoms with van der Waals surface area (Å²) in [6, 6.07) is 0. The van der Waals surface area contributed by atoms with Gasteiger partial charge in [0.1, 0.15) is 4.90 Å². The topological polar surface area (TPSA) is 75.2 Å². The lowest BCUT2D eigenvalue weighted by atomic mass is 9.76. The molecule has 1 N–H and O–H groups in total. The summed E-state index contributed by atoms with van der Waals surface area (Å²) in [5.74, 6) is -1.31. The van der Waals surface area contributed by atoms with Crippen molar-refractivity contribution < 1.29 is 21.6 Å². The van der Waals surface area contributed by atoms with E-state index in [0.29, 0.717) is 13.1 Å². The van der Waals surface area contributed by atoms with Gasteiger partial charge in [0.05, 0.1) is 11.9 Å². The Balaban J connectivity index is 1.90. The molecule has 0 bridgehead atoms. The lowest BCUT2D eigenvalue weighted by molar-refractivity contribution is -0.145. The number of rotatable bonds is 3. The molecule has 10 heteroatoms. The Morgan fingerprint density at radius 3 is 2.45 bits per heavy atom. The molecular weight excluding hydrogens is 321 g/mol. The molecule has 3 rings (SSSR count). The van der Waals surface area contributed by atoms with Gasteiger partial charge in [0.2, 0.25) is 15.8 Å². The van der Waals surface area contributed by atoms with Crippen molar-refractivity contribution in [2.75, 3.05) is 26.2 Å². The van der Waals surface area contributed by atoms with E-state index in [2.05, 4.69) is 15.3 Å². The molecule has 3 heterocycles. The lowest BCUT2D eigenvalue weighted by Crippen LogP contribution is -2.71. The van der Waals surface area contributed by atoms with E-state index in [1.165, 1.54) is 4.31 Å². The molecule has 2 saturated heterocycles. The van der Waals surface area contributed by atoms with Crippen molar-refractivity contribution >= 4 is 10.0 Å². The monoisotopic (exact) mass is 336 g/mol. The summed E-state index contributed by atoms with van der Waals surface area (Å²) in [6.45, 7) is 3.86. The number of alkyl halides is 3. The Morgan fingerprint density at radius 1 is 1.36 bits per heavy atom. The molecule has 122 valence electrons. The summed E-state index contributed by atoms with van der Waals surface area (Å²) >= 11 is 0. The minimum atomic E-state index is -4.69. The molecule has 6 nitrogen and oxygen atoms in total. The number of nitrogens with zero attached hydrogens (tertiary/aromatic N) is 3. The Bertz CT molecular complexity index is 693. The lowest BCUT2D eigenvalue weighted by Gasteiger charge is -2.55. The smallest absolute Gasteiger partial charge is 0.315 e. The summed E-state index contributed by atoms with van der Waals surface area (Å²) in [7, 11) is -3.84. The Morgan fingerprint density at radius 2 is 2.00 bits per heavy atom. The van der Waals surface area contributed by atoms with Crippen LogP contribution in [-0.4, -0.2) is 48.9 Å². The van der Waals surface area contributed by atoms with E-state index in [4.69, 9.17) is 0 Å². The van der Waals surface area contributed by atoms with Crippen molar-refractivity contribution in [3.63, 3.8) is 0 Å². The molecule has 1 spiro atoms. The third-order valence-electron chi connectivity index (χ3n) is 4.06. The Kier molecular flexibility index (Phi) is 3.46. The average molecular weight is 336 g/mol. The highest BCUT2D eigenvalue weighted by molar-refractivity contribution is 7.89. The number of nitrogens with one attached hydrogen (secondary N) is 1. The van der Waals surface area contributed by atoms with Gasteiger partial charge in [-0.3, -0.25) is 0 Å². The van der Waals surface area contributed by atoms with Gasteiger partial charge in [-0.15, -0.1) is 0 Å². The number of hydrogen-bond acceptors (Lipinski definition) is 5. The van der Waals surface area contributed by atoms with Gasteiger partial charge in [-0.1, -0.05) is 6.92 Å². The molecule has 0 unspecified atom stereocenters. The van der Waals surface area contributed by atoms with Crippen LogP contribution in [0.5, 0.6) is 0 Å². The zero-order valence-electron chi connectivity index (χ0n) is 11.8. The van der Waals surface area contributed by atoms with Gasteiger partial charge in [-0.25, -0.2) is 18.4 Å². The van der Waals surface area contributed by atoms with Crippen molar-refractivity contribution in [3.8, 4) is 0 Å². The molecule has 2 aliphatic heterocycles. The normalized spacial score (nSPS) is 21.5. The molecule has 2 fully saturated rings. The van der Waals surface area contributed by atoms with E-state index >= 15 is 0 Å². The minimum absolute atomic E-state index is 0.00772. The average Bonchev–Trinajstić information content (AvgIpc) is 2.33. The third-order valence-corrected chi connectivity index (χ3v) is 5.89. The fraction of sp³-hybridized carbons (Fsp3) is 0.667. The van der Waals surface area contributed by atoms with Gasteiger partial charge in [-0.2, -0.15) is 17.5 Å². The van der Waals surface area contributed by atoms with Crippen molar-refractivity contribution in [3.05, 3.63) is 17.7 Å². The largest absolute Gasteiger partial charge is 0.451 e. The first-order valence-corrected chi connectivity index (χ1v) is 8.26. The molecule has 0 atom stereocenters. The molecule has 0 aliphatic carbocycles. The van der Waals surface area contributed by atoms with Crippen LogP contribution in [0.15, 0.2) is 11.1 Å². The van der Waals surface area contributed by atoms with Crippen molar-refractivity contribution in [2.45, 2.75) is 24.4 Å². The summed E-state index contributed by atoms with van der Waals surface area (Å²) in [5, 5.41) is 3.09. The van der Waals surface area contributed by atoms with Gasteiger partial charge >= 0.3 is 6.18 Å². The van der Waals surface area contributed by atoms with Gasteiger partial charge < -0.3 is 5.32 Å². The zero-order chi connectivity index (χ0) is 16.2. The Hall–Kier alpha value is -1.26. The van der Waals surface area contributed by atoms with Gasteiger partial charge in [0.25, 0.3) is 0 Å².